The minimum atomic E-state index is -2.91. The minimum Gasteiger partial charge on any atom is -0.435 e. The van der Waals surface area contributed by atoms with Crippen LogP contribution in [0.15, 0.2) is 54.6 Å². The molecule has 0 aliphatic rings. The summed E-state index contributed by atoms with van der Waals surface area (Å²) in [7, 11) is 0. The molecule has 0 saturated heterocycles. The molecule has 1 atom stereocenters. The predicted molar refractivity (Wildman–Crippen MR) is 89.3 cm³/mol. The third kappa shape index (κ3) is 5.56. The molecule has 2 rings (SSSR count). The quantitative estimate of drug-likeness (QED) is 0.805. The van der Waals surface area contributed by atoms with Crippen LogP contribution in [0, 0.1) is 0 Å². The van der Waals surface area contributed by atoms with Gasteiger partial charge in [0, 0.05) is 12.1 Å². The van der Waals surface area contributed by atoms with Gasteiger partial charge in [0.05, 0.1) is 0 Å². The highest BCUT2D eigenvalue weighted by Crippen LogP contribution is 2.20. The van der Waals surface area contributed by atoms with E-state index in [4.69, 9.17) is 0 Å². The Hall–Kier alpha value is -2.96. The first-order valence-electron chi connectivity index (χ1n) is 7.69. The van der Waals surface area contributed by atoms with Gasteiger partial charge in [0.2, 0.25) is 5.91 Å². The summed E-state index contributed by atoms with van der Waals surface area (Å²) in [6.07, 6.45) is 0.246. The molecule has 2 aromatic rings. The molecular formula is C18H18F2N2O3. The molecule has 7 heteroatoms. The van der Waals surface area contributed by atoms with Gasteiger partial charge in [-0.3, -0.25) is 9.59 Å². The molecule has 0 aliphatic heterocycles. The molecule has 0 radical (unpaired) electrons. The van der Waals surface area contributed by atoms with Crippen LogP contribution in [-0.4, -0.2) is 18.4 Å². The number of alkyl halides is 2. The standard InChI is InChI=1S/C18H18F2N2O3/c1-2-15(23)22-16(12-6-4-3-5-7-12)17(24)21-13-8-10-14(11-9-13)25-18(19)20/h3-11,16,18H,2H2,1H3,(H,21,24)(H,22,23). The van der Waals surface area contributed by atoms with Crippen molar-refractivity contribution in [2.75, 3.05) is 5.32 Å². The van der Waals surface area contributed by atoms with Crippen LogP contribution in [0.1, 0.15) is 24.9 Å². The zero-order valence-corrected chi connectivity index (χ0v) is 13.5. The van der Waals surface area contributed by atoms with Gasteiger partial charge in [0.1, 0.15) is 11.8 Å². The number of halogens is 2. The molecule has 0 bridgehead atoms. The lowest BCUT2D eigenvalue weighted by molar-refractivity contribution is -0.126. The van der Waals surface area contributed by atoms with E-state index in [0.29, 0.717) is 11.3 Å². The Kier molecular flexibility index (Phi) is 6.45. The smallest absolute Gasteiger partial charge is 0.387 e. The SMILES string of the molecule is CCC(=O)NC(C(=O)Nc1ccc(OC(F)F)cc1)c1ccccc1. The van der Waals surface area contributed by atoms with Gasteiger partial charge >= 0.3 is 6.61 Å². The highest BCUT2D eigenvalue weighted by atomic mass is 19.3. The summed E-state index contributed by atoms with van der Waals surface area (Å²) >= 11 is 0. The highest BCUT2D eigenvalue weighted by molar-refractivity contribution is 5.97. The van der Waals surface area contributed by atoms with Crippen molar-refractivity contribution in [3.05, 3.63) is 60.2 Å². The van der Waals surface area contributed by atoms with E-state index in [-0.39, 0.29) is 18.1 Å². The number of carbonyl (C=O) groups is 2. The Morgan fingerprint density at radius 1 is 1.04 bits per heavy atom. The molecule has 0 saturated carbocycles. The molecule has 1 unspecified atom stereocenters. The van der Waals surface area contributed by atoms with E-state index in [2.05, 4.69) is 15.4 Å². The van der Waals surface area contributed by atoms with E-state index in [0.717, 1.165) is 0 Å². The Balaban J connectivity index is 2.12. The van der Waals surface area contributed by atoms with Crippen molar-refractivity contribution in [3.63, 3.8) is 0 Å². The zero-order valence-electron chi connectivity index (χ0n) is 13.5. The third-order valence-corrected chi connectivity index (χ3v) is 3.37. The van der Waals surface area contributed by atoms with Crippen LogP contribution in [0.25, 0.3) is 0 Å². The lowest BCUT2D eigenvalue weighted by Gasteiger charge is -2.18. The van der Waals surface area contributed by atoms with Crippen molar-refractivity contribution in [1.29, 1.82) is 0 Å². The van der Waals surface area contributed by atoms with Gasteiger partial charge in [-0.05, 0) is 29.8 Å². The summed E-state index contributed by atoms with van der Waals surface area (Å²) in [6.45, 7) is -1.22. The Morgan fingerprint density at radius 3 is 2.24 bits per heavy atom. The monoisotopic (exact) mass is 348 g/mol. The van der Waals surface area contributed by atoms with Gasteiger partial charge in [-0.1, -0.05) is 37.3 Å². The van der Waals surface area contributed by atoms with Crippen LogP contribution in [0.4, 0.5) is 14.5 Å². The largest absolute Gasteiger partial charge is 0.435 e. The fourth-order valence-electron chi connectivity index (χ4n) is 2.14. The van der Waals surface area contributed by atoms with Crippen LogP contribution in [-0.2, 0) is 9.59 Å². The molecule has 5 nitrogen and oxygen atoms in total. The molecule has 0 heterocycles. The summed E-state index contributed by atoms with van der Waals surface area (Å²) in [5.41, 5.74) is 1.04. The van der Waals surface area contributed by atoms with Crippen LogP contribution in [0.2, 0.25) is 0 Å². The number of rotatable bonds is 7. The average molecular weight is 348 g/mol. The van der Waals surface area contributed by atoms with E-state index in [9.17, 15) is 18.4 Å². The Bertz CT molecular complexity index is 706. The second-order valence-electron chi connectivity index (χ2n) is 5.16. The summed E-state index contributed by atoms with van der Waals surface area (Å²) in [5, 5.41) is 5.32. The highest BCUT2D eigenvalue weighted by Gasteiger charge is 2.22. The number of nitrogens with one attached hydrogen (secondary N) is 2. The number of anilines is 1. The number of ether oxygens (including phenoxy) is 1. The molecule has 132 valence electrons. The van der Waals surface area contributed by atoms with Crippen LogP contribution in [0.3, 0.4) is 0 Å². The van der Waals surface area contributed by atoms with Gasteiger partial charge in [-0.15, -0.1) is 0 Å². The number of carbonyl (C=O) groups excluding carboxylic acids is 2. The first-order chi connectivity index (χ1) is 12.0. The molecule has 2 N–H and O–H groups in total. The van der Waals surface area contributed by atoms with Crippen LogP contribution < -0.4 is 15.4 Å². The Labute approximate surface area is 144 Å². The van der Waals surface area contributed by atoms with Crippen LogP contribution >= 0.6 is 0 Å². The van der Waals surface area contributed by atoms with Gasteiger partial charge in [0.15, 0.2) is 0 Å². The molecule has 0 aromatic heterocycles. The van der Waals surface area contributed by atoms with Crippen LogP contribution in [0.5, 0.6) is 5.75 Å². The van der Waals surface area contributed by atoms with E-state index in [1.807, 2.05) is 6.07 Å². The topological polar surface area (TPSA) is 67.4 Å². The molecule has 0 fully saturated rings. The molecular weight excluding hydrogens is 330 g/mol. The molecule has 0 aliphatic carbocycles. The summed E-state index contributed by atoms with van der Waals surface area (Å²) < 4.78 is 28.6. The number of hydrogen-bond donors (Lipinski definition) is 2. The number of benzene rings is 2. The maximum absolute atomic E-state index is 12.6. The van der Waals surface area contributed by atoms with Gasteiger partial charge in [-0.25, -0.2) is 0 Å². The van der Waals surface area contributed by atoms with E-state index in [1.54, 1.807) is 31.2 Å². The fraction of sp³-hybridized carbons (Fsp3) is 0.222. The van der Waals surface area contributed by atoms with Gasteiger partial charge in [-0.2, -0.15) is 8.78 Å². The first-order valence-corrected chi connectivity index (χ1v) is 7.69. The average Bonchev–Trinajstić information content (AvgIpc) is 2.61. The predicted octanol–water partition coefficient (Wildman–Crippen LogP) is 3.49. The summed E-state index contributed by atoms with van der Waals surface area (Å²) in [5.74, 6) is -0.702. The van der Waals surface area contributed by atoms with E-state index in [1.165, 1.54) is 24.3 Å². The van der Waals surface area contributed by atoms with Crippen molar-refractivity contribution in [2.45, 2.75) is 26.0 Å². The minimum absolute atomic E-state index is 0.00751. The molecule has 25 heavy (non-hydrogen) atoms. The molecule has 2 amide bonds. The maximum atomic E-state index is 12.6. The van der Waals surface area contributed by atoms with Crippen molar-refractivity contribution in [2.24, 2.45) is 0 Å². The van der Waals surface area contributed by atoms with Crippen molar-refractivity contribution in [1.82, 2.24) is 5.32 Å². The first kappa shape index (κ1) is 18.4. The zero-order chi connectivity index (χ0) is 18.2. The number of amides is 2. The maximum Gasteiger partial charge on any atom is 0.387 e. The normalized spacial score (nSPS) is 11.7. The Morgan fingerprint density at radius 2 is 1.68 bits per heavy atom. The molecule has 2 aromatic carbocycles. The van der Waals surface area contributed by atoms with Crippen molar-refractivity contribution >= 4 is 17.5 Å². The number of hydrogen-bond acceptors (Lipinski definition) is 3. The summed E-state index contributed by atoms with van der Waals surface area (Å²) in [6, 6.07) is 13.5. The second-order valence-corrected chi connectivity index (χ2v) is 5.16. The third-order valence-electron chi connectivity index (χ3n) is 3.37. The summed E-state index contributed by atoms with van der Waals surface area (Å²) in [4.78, 5) is 24.3. The van der Waals surface area contributed by atoms with Gasteiger partial charge in [0.25, 0.3) is 5.91 Å². The fourth-order valence-corrected chi connectivity index (χ4v) is 2.14. The van der Waals surface area contributed by atoms with Crippen molar-refractivity contribution in [3.8, 4) is 5.75 Å². The molecule has 0 spiro atoms. The lowest BCUT2D eigenvalue weighted by atomic mass is 10.1. The van der Waals surface area contributed by atoms with Crippen molar-refractivity contribution < 1.29 is 23.1 Å². The lowest BCUT2D eigenvalue weighted by Crippen LogP contribution is -2.36. The van der Waals surface area contributed by atoms with Gasteiger partial charge < -0.3 is 15.4 Å². The van der Waals surface area contributed by atoms with E-state index < -0.39 is 18.6 Å². The van der Waals surface area contributed by atoms with E-state index >= 15 is 0 Å². The second kappa shape index (κ2) is 8.77.